The van der Waals surface area contributed by atoms with Gasteiger partial charge in [0.25, 0.3) is 0 Å². The van der Waals surface area contributed by atoms with Gasteiger partial charge in [-0.05, 0) is 30.6 Å². The van der Waals surface area contributed by atoms with Gasteiger partial charge in [0.15, 0.2) is 0 Å². The van der Waals surface area contributed by atoms with E-state index < -0.39 is 11.9 Å². The number of aliphatic carboxylic acids is 1. The van der Waals surface area contributed by atoms with Crippen LogP contribution in [0.3, 0.4) is 0 Å². The van der Waals surface area contributed by atoms with Gasteiger partial charge in [0.1, 0.15) is 0 Å². The molecule has 0 aromatic heterocycles. The molecule has 0 amide bonds. The number of hydrogen-bond acceptors (Lipinski definition) is 2. The van der Waals surface area contributed by atoms with Crippen molar-refractivity contribution in [1.29, 1.82) is 0 Å². The molecule has 0 radical (unpaired) electrons. The first kappa shape index (κ1) is 17.4. The van der Waals surface area contributed by atoms with Crippen LogP contribution < -0.4 is 0 Å². The molecule has 0 aliphatic carbocycles. The molecule has 3 unspecified atom stereocenters. The first-order valence-electron chi connectivity index (χ1n) is 6.78. The highest BCUT2D eigenvalue weighted by Gasteiger charge is 2.32. The number of hydrogen-bond donors (Lipinski definition) is 1. The van der Waals surface area contributed by atoms with Gasteiger partial charge in [-0.3, -0.25) is 4.79 Å². The van der Waals surface area contributed by atoms with Crippen LogP contribution in [0.1, 0.15) is 47.5 Å². The fourth-order valence-corrected chi connectivity index (χ4v) is 3.11. The quantitative estimate of drug-likeness (QED) is 0.656. The summed E-state index contributed by atoms with van der Waals surface area (Å²) < 4.78 is 5.67. The van der Waals surface area contributed by atoms with Crippen molar-refractivity contribution in [3.8, 4) is 0 Å². The van der Waals surface area contributed by atoms with Crippen molar-refractivity contribution < 1.29 is 14.3 Å². The predicted molar refractivity (Wildman–Crippen MR) is 78.3 cm³/mol. The molecular formula is C14H28O3Si. The van der Waals surface area contributed by atoms with Crippen molar-refractivity contribution >= 4 is 21.5 Å². The first-order valence-corrected chi connectivity index (χ1v) is 8.07. The van der Waals surface area contributed by atoms with E-state index in [9.17, 15) is 9.90 Å². The second-order valence-corrected chi connectivity index (χ2v) is 6.53. The van der Waals surface area contributed by atoms with Crippen molar-refractivity contribution in [2.24, 2.45) is 23.7 Å². The maximum atomic E-state index is 11.4. The molecule has 3 nitrogen and oxygen atoms in total. The van der Waals surface area contributed by atoms with Gasteiger partial charge in [-0.15, -0.1) is 0 Å². The fraction of sp³-hybridized carbons (Fsp3) is 0.857. The van der Waals surface area contributed by atoms with Gasteiger partial charge >= 0.3 is 5.97 Å². The normalized spacial score (nSPS) is 16.4. The Morgan fingerprint density at radius 1 is 1.22 bits per heavy atom. The van der Waals surface area contributed by atoms with Gasteiger partial charge in [0.2, 0.25) is 9.38 Å². The van der Waals surface area contributed by atoms with Gasteiger partial charge < -0.3 is 9.53 Å². The highest BCUT2D eigenvalue weighted by Crippen LogP contribution is 2.26. The smallest absolute Gasteiger partial charge is 0.310 e. The Morgan fingerprint density at radius 3 is 2.11 bits per heavy atom. The second-order valence-electron chi connectivity index (χ2n) is 5.92. The summed E-state index contributed by atoms with van der Waals surface area (Å²) in [6, 6.07) is 0. The number of rotatable bonds is 9. The second kappa shape index (κ2) is 8.46. The highest BCUT2D eigenvalue weighted by atomic mass is 28.2. The molecule has 3 atom stereocenters. The molecule has 0 saturated carbocycles. The van der Waals surface area contributed by atoms with Crippen LogP contribution in [0.2, 0.25) is 0 Å². The molecule has 0 heterocycles. The summed E-state index contributed by atoms with van der Waals surface area (Å²) in [5.41, 5.74) is 0. The largest absolute Gasteiger partial charge is 0.550 e. The molecule has 0 fully saturated rings. The Kier molecular flexibility index (Phi) is 8.16. The predicted octanol–water partition coefficient (Wildman–Crippen LogP) is 2.58. The maximum Gasteiger partial charge on any atom is 0.310 e. The molecule has 106 valence electrons. The van der Waals surface area contributed by atoms with Crippen LogP contribution in [0.4, 0.5) is 0 Å². The van der Waals surface area contributed by atoms with Crippen molar-refractivity contribution in [2.75, 3.05) is 0 Å². The molecule has 0 spiro atoms. The first-order chi connectivity index (χ1) is 8.29. The Bertz CT molecular complexity index is 264. The van der Waals surface area contributed by atoms with E-state index in [0.717, 1.165) is 12.8 Å². The lowest BCUT2D eigenvalue weighted by Crippen LogP contribution is -2.36. The van der Waals surface area contributed by atoms with Gasteiger partial charge in [-0.2, -0.15) is 0 Å². The van der Waals surface area contributed by atoms with Gasteiger partial charge in [-0.25, -0.2) is 0 Å². The van der Waals surface area contributed by atoms with Crippen LogP contribution in [-0.2, 0) is 9.22 Å². The zero-order valence-corrected chi connectivity index (χ0v) is 13.5. The minimum absolute atomic E-state index is 0.0877. The summed E-state index contributed by atoms with van der Waals surface area (Å²) in [6.45, 7) is 10.4. The summed E-state index contributed by atoms with van der Waals surface area (Å²) in [6.07, 6.45) is 5.50. The fourth-order valence-electron chi connectivity index (χ4n) is 2.58. The van der Waals surface area contributed by atoms with Crippen molar-refractivity contribution in [3.05, 3.63) is 0 Å². The Balaban J connectivity index is 4.71. The zero-order valence-electron chi connectivity index (χ0n) is 12.3. The third kappa shape index (κ3) is 6.33. The maximum absolute atomic E-state index is 11.4. The highest BCUT2D eigenvalue weighted by molar-refractivity contribution is 6.33. The van der Waals surface area contributed by atoms with Crippen LogP contribution in [0.5, 0.6) is 0 Å². The molecular weight excluding hydrogens is 244 g/mol. The topological polar surface area (TPSA) is 46.5 Å². The minimum atomic E-state index is -0.750. The summed E-state index contributed by atoms with van der Waals surface area (Å²) in [5.74, 6) is 0.0368. The van der Waals surface area contributed by atoms with Crippen molar-refractivity contribution in [3.63, 3.8) is 0 Å². The van der Waals surface area contributed by atoms with E-state index in [2.05, 4.69) is 26.9 Å². The Hall–Kier alpha value is -0.643. The van der Waals surface area contributed by atoms with Gasteiger partial charge in [0.05, 0.1) is 12.0 Å². The summed E-state index contributed by atoms with van der Waals surface area (Å²) in [5, 5.41) is 9.34. The van der Waals surface area contributed by atoms with E-state index in [-0.39, 0.29) is 21.4 Å². The number of carboxylic acid groups (broad SMARTS) is 1. The van der Waals surface area contributed by atoms with Crippen molar-refractivity contribution in [1.82, 2.24) is 0 Å². The van der Waals surface area contributed by atoms with E-state index in [1.54, 1.807) is 0 Å². The van der Waals surface area contributed by atoms with E-state index in [0.29, 0.717) is 11.8 Å². The molecule has 0 rings (SSSR count). The van der Waals surface area contributed by atoms with Gasteiger partial charge in [0, 0.05) is 0 Å². The monoisotopic (exact) mass is 272 g/mol. The molecule has 0 aromatic rings. The van der Waals surface area contributed by atoms with Crippen LogP contribution in [0.25, 0.3) is 0 Å². The third-order valence-corrected chi connectivity index (χ3v) is 3.73. The molecule has 0 bridgehead atoms. The van der Waals surface area contributed by atoms with Crippen LogP contribution >= 0.6 is 0 Å². The van der Waals surface area contributed by atoms with Crippen molar-refractivity contribution in [2.45, 2.75) is 53.6 Å². The lowest BCUT2D eigenvalue weighted by Gasteiger charge is -2.29. The van der Waals surface area contributed by atoms with E-state index in [1.165, 1.54) is 0 Å². The Morgan fingerprint density at radius 2 is 1.78 bits per heavy atom. The van der Waals surface area contributed by atoms with E-state index >= 15 is 0 Å². The SMILES string of the molecule is C=[SiH]OC(CC(C)CC(C)C)C(C(=O)O)C(C)C. The summed E-state index contributed by atoms with van der Waals surface area (Å²) in [4.78, 5) is 11.4. The standard InChI is InChI=1S/C14H28O3Si/c1-9(2)7-11(5)8-12(17-18-6)13(10(3)4)14(15)16/h9-13,18H,6-8H2,1-5H3,(H,15,16). The summed E-state index contributed by atoms with van der Waals surface area (Å²) >= 11 is 0. The van der Waals surface area contributed by atoms with Crippen LogP contribution in [0.15, 0.2) is 0 Å². The van der Waals surface area contributed by atoms with E-state index in [1.807, 2.05) is 13.8 Å². The molecule has 0 aliphatic heterocycles. The summed E-state index contributed by atoms with van der Waals surface area (Å²) in [7, 11) is -0.363. The lowest BCUT2D eigenvalue weighted by molar-refractivity contribution is -0.147. The van der Waals surface area contributed by atoms with Gasteiger partial charge in [-0.1, -0.05) is 40.8 Å². The molecule has 0 saturated heterocycles. The molecule has 18 heavy (non-hydrogen) atoms. The Labute approximate surface area is 113 Å². The number of carbonyl (C=O) groups is 1. The molecule has 4 heteroatoms. The molecule has 0 aromatic carbocycles. The average Bonchev–Trinajstić information content (AvgIpc) is 2.14. The minimum Gasteiger partial charge on any atom is -0.550 e. The third-order valence-electron chi connectivity index (χ3n) is 3.18. The molecule has 0 aliphatic rings. The molecule has 1 N–H and O–H groups in total. The average molecular weight is 272 g/mol. The van der Waals surface area contributed by atoms with E-state index in [4.69, 9.17) is 4.43 Å². The zero-order chi connectivity index (χ0) is 14.3. The van der Waals surface area contributed by atoms with Crippen LogP contribution in [-0.4, -0.2) is 32.7 Å². The lowest BCUT2D eigenvalue weighted by atomic mass is 9.84. The van der Waals surface area contributed by atoms with Crippen LogP contribution in [0, 0.1) is 23.7 Å². The number of carboxylic acids is 1.